The summed E-state index contributed by atoms with van der Waals surface area (Å²) in [6.45, 7) is 1.11. The van der Waals surface area contributed by atoms with Crippen molar-refractivity contribution in [1.29, 1.82) is 0 Å². The van der Waals surface area contributed by atoms with E-state index in [-0.39, 0.29) is 17.3 Å². The van der Waals surface area contributed by atoms with Gasteiger partial charge in [-0.2, -0.15) is 4.31 Å². The Hall–Kier alpha value is -2.09. The molecular weight excluding hydrogens is 398 g/mol. The Morgan fingerprint density at radius 1 is 1.00 bits per heavy atom. The zero-order chi connectivity index (χ0) is 20.0. The third kappa shape index (κ3) is 5.25. The van der Waals surface area contributed by atoms with E-state index in [1.54, 1.807) is 52.8 Å². The molecule has 8 heteroatoms. The number of nitrogens with zero attached hydrogens (tertiary/aromatic N) is 1. The number of para-hydroxylation sites is 1. The fourth-order valence-corrected chi connectivity index (χ4v) is 4.88. The Labute approximate surface area is 170 Å². The number of hydrogen-bond acceptors (Lipinski definition) is 4. The van der Waals surface area contributed by atoms with Crippen molar-refractivity contribution in [3.05, 3.63) is 53.6 Å². The van der Waals surface area contributed by atoms with Crippen LogP contribution in [0.1, 0.15) is 25.7 Å². The summed E-state index contributed by atoms with van der Waals surface area (Å²) in [5.41, 5.74) is 1.11. The molecule has 1 aliphatic heterocycles. The largest absolute Gasteiger partial charge is 0.376 e. The van der Waals surface area contributed by atoms with Gasteiger partial charge in [-0.3, -0.25) is 4.79 Å². The van der Waals surface area contributed by atoms with Gasteiger partial charge in [0.25, 0.3) is 0 Å². The Morgan fingerprint density at radius 3 is 2.43 bits per heavy atom. The summed E-state index contributed by atoms with van der Waals surface area (Å²) in [4.78, 5) is 12.4. The van der Waals surface area contributed by atoms with Gasteiger partial charge in [0, 0.05) is 18.8 Å². The van der Waals surface area contributed by atoms with Gasteiger partial charge >= 0.3 is 0 Å². The lowest BCUT2D eigenvalue weighted by atomic mass is 10.2. The standard InChI is InChI=1S/C20H24ClN3O3S/c21-18-10-3-4-11-19(18)23-20(25)15-22-16-8-7-9-17(14-16)28(26,27)24-12-5-1-2-6-13-24/h3-4,7-11,14,22H,1-2,5-6,12-13,15H2,(H,23,25). The monoisotopic (exact) mass is 421 g/mol. The Bertz CT molecular complexity index is 926. The first-order valence-corrected chi connectivity index (χ1v) is 11.2. The van der Waals surface area contributed by atoms with Crippen LogP contribution in [0.2, 0.25) is 5.02 Å². The van der Waals surface area contributed by atoms with Crippen LogP contribution in [0.5, 0.6) is 0 Å². The molecule has 1 fully saturated rings. The maximum absolute atomic E-state index is 12.9. The van der Waals surface area contributed by atoms with E-state index >= 15 is 0 Å². The predicted octanol–water partition coefficient (Wildman–Crippen LogP) is 3.96. The van der Waals surface area contributed by atoms with Gasteiger partial charge in [0.05, 0.1) is 22.2 Å². The second kappa shape index (κ2) is 9.41. The van der Waals surface area contributed by atoms with Gasteiger partial charge in [-0.05, 0) is 43.2 Å². The lowest BCUT2D eigenvalue weighted by Gasteiger charge is -2.20. The predicted molar refractivity (Wildman–Crippen MR) is 112 cm³/mol. The molecule has 1 amide bonds. The maximum atomic E-state index is 12.9. The molecule has 0 radical (unpaired) electrons. The molecule has 1 saturated heterocycles. The van der Waals surface area contributed by atoms with E-state index in [2.05, 4.69) is 10.6 Å². The fourth-order valence-electron chi connectivity index (χ4n) is 3.14. The molecule has 150 valence electrons. The zero-order valence-electron chi connectivity index (χ0n) is 15.5. The van der Waals surface area contributed by atoms with E-state index in [1.807, 2.05) is 0 Å². The number of sulfonamides is 1. The van der Waals surface area contributed by atoms with Gasteiger partial charge in [0.15, 0.2) is 0 Å². The minimum Gasteiger partial charge on any atom is -0.376 e. The Morgan fingerprint density at radius 2 is 1.71 bits per heavy atom. The van der Waals surface area contributed by atoms with Crippen molar-refractivity contribution >= 4 is 38.9 Å². The molecule has 1 heterocycles. The second-order valence-corrected chi connectivity index (χ2v) is 9.07. The average molecular weight is 422 g/mol. The molecule has 28 heavy (non-hydrogen) atoms. The molecule has 0 unspecified atom stereocenters. The Balaban J connectivity index is 1.64. The van der Waals surface area contributed by atoms with Crippen molar-refractivity contribution in [2.24, 2.45) is 0 Å². The normalized spacial score (nSPS) is 15.6. The van der Waals surface area contributed by atoms with Crippen molar-refractivity contribution in [3.63, 3.8) is 0 Å². The molecule has 2 aromatic rings. The number of carbonyl (C=O) groups excluding carboxylic acids is 1. The third-order valence-electron chi connectivity index (χ3n) is 4.64. The van der Waals surface area contributed by atoms with E-state index in [9.17, 15) is 13.2 Å². The summed E-state index contributed by atoms with van der Waals surface area (Å²) in [5.74, 6) is -0.270. The molecule has 0 aromatic heterocycles. The van der Waals surface area contributed by atoms with Gasteiger partial charge in [0.2, 0.25) is 15.9 Å². The lowest BCUT2D eigenvalue weighted by molar-refractivity contribution is -0.114. The second-order valence-electron chi connectivity index (χ2n) is 6.73. The minimum atomic E-state index is -3.53. The SMILES string of the molecule is O=C(CNc1cccc(S(=O)(=O)N2CCCCCC2)c1)Nc1ccccc1Cl. The van der Waals surface area contributed by atoms with Crippen molar-refractivity contribution in [2.45, 2.75) is 30.6 Å². The van der Waals surface area contributed by atoms with Crippen LogP contribution in [0.4, 0.5) is 11.4 Å². The average Bonchev–Trinajstić information content (AvgIpc) is 2.99. The first-order chi connectivity index (χ1) is 13.5. The van der Waals surface area contributed by atoms with E-state index in [0.717, 1.165) is 25.7 Å². The number of rotatable bonds is 6. The third-order valence-corrected chi connectivity index (χ3v) is 6.86. The maximum Gasteiger partial charge on any atom is 0.243 e. The summed E-state index contributed by atoms with van der Waals surface area (Å²) in [6, 6.07) is 13.6. The number of halogens is 1. The van der Waals surface area contributed by atoms with Crippen molar-refractivity contribution in [2.75, 3.05) is 30.3 Å². The molecule has 0 saturated carbocycles. The van der Waals surface area contributed by atoms with E-state index in [4.69, 9.17) is 11.6 Å². The summed E-state index contributed by atoms with van der Waals surface area (Å²) in [7, 11) is -3.53. The van der Waals surface area contributed by atoms with Crippen LogP contribution >= 0.6 is 11.6 Å². The molecule has 0 atom stereocenters. The summed E-state index contributed by atoms with van der Waals surface area (Å²) in [6.07, 6.45) is 3.90. The van der Waals surface area contributed by atoms with Gasteiger partial charge < -0.3 is 10.6 Å². The minimum absolute atomic E-state index is 0.00155. The highest BCUT2D eigenvalue weighted by atomic mass is 35.5. The van der Waals surface area contributed by atoms with E-state index < -0.39 is 10.0 Å². The topological polar surface area (TPSA) is 78.5 Å². The lowest BCUT2D eigenvalue weighted by Crippen LogP contribution is -2.32. The van der Waals surface area contributed by atoms with E-state index in [0.29, 0.717) is 29.5 Å². The van der Waals surface area contributed by atoms with Crippen LogP contribution in [0.3, 0.4) is 0 Å². The number of nitrogens with one attached hydrogen (secondary N) is 2. The molecule has 0 bridgehead atoms. The highest BCUT2D eigenvalue weighted by Crippen LogP contribution is 2.23. The molecule has 0 spiro atoms. The number of amides is 1. The van der Waals surface area contributed by atoms with Crippen molar-refractivity contribution in [3.8, 4) is 0 Å². The van der Waals surface area contributed by atoms with Gasteiger partial charge in [-0.25, -0.2) is 8.42 Å². The number of benzene rings is 2. The zero-order valence-corrected chi connectivity index (χ0v) is 17.1. The van der Waals surface area contributed by atoms with Gasteiger partial charge in [-0.1, -0.05) is 42.6 Å². The highest BCUT2D eigenvalue weighted by Gasteiger charge is 2.25. The first-order valence-electron chi connectivity index (χ1n) is 9.35. The van der Waals surface area contributed by atoms with Crippen molar-refractivity contribution in [1.82, 2.24) is 4.31 Å². The quantitative estimate of drug-likeness (QED) is 0.740. The number of anilines is 2. The molecule has 2 aromatic carbocycles. The molecule has 3 rings (SSSR count). The smallest absolute Gasteiger partial charge is 0.243 e. The van der Waals surface area contributed by atoms with Crippen LogP contribution in [0.25, 0.3) is 0 Å². The molecule has 1 aliphatic rings. The van der Waals surface area contributed by atoms with Crippen LogP contribution in [-0.2, 0) is 14.8 Å². The van der Waals surface area contributed by atoms with Crippen LogP contribution in [0.15, 0.2) is 53.4 Å². The summed E-state index contributed by atoms with van der Waals surface area (Å²) >= 11 is 6.04. The van der Waals surface area contributed by atoms with Crippen LogP contribution < -0.4 is 10.6 Å². The highest BCUT2D eigenvalue weighted by molar-refractivity contribution is 7.89. The van der Waals surface area contributed by atoms with Crippen LogP contribution in [0, 0.1) is 0 Å². The van der Waals surface area contributed by atoms with E-state index in [1.165, 1.54) is 0 Å². The van der Waals surface area contributed by atoms with Crippen molar-refractivity contribution < 1.29 is 13.2 Å². The summed E-state index contributed by atoms with van der Waals surface area (Å²) in [5, 5.41) is 6.16. The number of hydrogen-bond donors (Lipinski definition) is 2. The fraction of sp³-hybridized carbons (Fsp3) is 0.350. The number of carbonyl (C=O) groups is 1. The summed E-state index contributed by atoms with van der Waals surface area (Å²) < 4.78 is 27.4. The molecular formula is C20H24ClN3O3S. The van der Waals surface area contributed by atoms with Crippen LogP contribution in [-0.4, -0.2) is 38.3 Å². The van der Waals surface area contributed by atoms with Gasteiger partial charge in [-0.15, -0.1) is 0 Å². The first kappa shape index (κ1) is 20.6. The van der Waals surface area contributed by atoms with Gasteiger partial charge in [0.1, 0.15) is 0 Å². The molecule has 2 N–H and O–H groups in total. The molecule has 0 aliphatic carbocycles. The molecule has 6 nitrogen and oxygen atoms in total. The Kier molecular flexibility index (Phi) is 6.93.